The van der Waals surface area contributed by atoms with Gasteiger partial charge in [-0.1, -0.05) is 27.7 Å². The maximum Gasteiger partial charge on any atom is 0.276 e. The number of nitrogens with zero attached hydrogens (tertiary/aromatic N) is 2. The van der Waals surface area contributed by atoms with Gasteiger partial charge in [0.25, 0.3) is 5.91 Å². The Balaban J connectivity index is 2.95. The molecule has 0 aliphatic heterocycles. The summed E-state index contributed by atoms with van der Waals surface area (Å²) < 4.78 is 0. The van der Waals surface area contributed by atoms with E-state index in [0.29, 0.717) is 12.2 Å². The van der Waals surface area contributed by atoms with Crippen molar-refractivity contribution < 1.29 is 14.8 Å². The normalized spacial score (nSPS) is 12.8. The fourth-order valence-corrected chi connectivity index (χ4v) is 2.07. The second-order valence-corrected chi connectivity index (χ2v) is 6.61. The van der Waals surface area contributed by atoms with E-state index in [1.54, 1.807) is 17.6 Å². The van der Waals surface area contributed by atoms with Crippen LogP contribution in [0.5, 0.6) is 0 Å². The number of likely N-dealkylation sites (N-methyl/N-ethyl adjacent to an activating group) is 1. The molecule has 3 N–H and O–H groups in total. The number of nitrogens with one attached hydrogen (secondary N) is 2. The van der Waals surface area contributed by atoms with Crippen LogP contribution in [0.15, 0.2) is 18.3 Å². The zero-order valence-corrected chi connectivity index (χ0v) is 14.4. The molecule has 2 amide bonds. The van der Waals surface area contributed by atoms with Gasteiger partial charge >= 0.3 is 0 Å². The Morgan fingerprint density at radius 1 is 1.35 bits per heavy atom. The van der Waals surface area contributed by atoms with Crippen molar-refractivity contribution in [1.29, 1.82) is 0 Å². The molecular formula is C16H26N4O3. The van der Waals surface area contributed by atoms with Gasteiger partial charge in [-0.15, -0.1) is 0 Å². The SMILES string of the molecule is CCN(C)CC(=O)N[C@H](c1ccc(C(=O)NO)cn1)C(C)(C)C. The number of carbonyl (C=O) groups excluding carboxylic acids is 2. The van der Waals surface area contributed by atoms with Crippen molar-refractivity contribution in [3.8, 4) is 0 Å². The minimum atomic E-state index is -0.620. The van der Waals surface area contributed by atoms with Gasteiger partial charge in [-0.2, -0.15) is 0 Å². The number of rotatable bonds is 6. The van der Waals surface area contributed by atoms with Crippen LogP contribution in [-0.2, 0) is 4.79 Å². The van der Waals surface area contributed by atoms with E-state index >= 15 is 0 Å². The molecule has 0 radical (unpaired) electrons. The number of hydrogen-bond donors (Lipinski definition) is 3. The van der Waals surface area contributed by atoms with Gasteiger partial charge in [0.2, 0.25) is 5.91 Å². The average Bonchev–Trinajstić information content (AvgIpc) is 2.50. The Kier molecular flexibility index (Phi) is 6.65. The highest BCUT2D eigenvalue weighted by Gasteiger charge is 2.29. The summed E-state index contributed by atoms with van der Waals surface area (Å²) in [5, 5.41) is 11.6. The van der Waals surface area contributed by atoms with E-state index in [1.807, 2.05) is 39.6 Å². The predicted octanol–water partition coefficient (Wildman–Crippen LogP) is 1.36. The van der Waals surface area contributed by atoms with E-state index in [2.05, 4.69) is 10.3 Å². The fourth-order valence-electron chi connectivity index (χ4n) is 2.07. The lowest BCUT2D eigenvalue weighted by molar-refractivity contribution is -0.123. The second-order valence-electron chi connectivity index (χ2n) is 6.61. The molecule has 7 nitrogen and oxygen atoms in total. The van der Waals surface area contributed by atoms with Crippen molar-refractivity contribution >= 4 is 11.8 Å². The average molecular weight is 322 g/mol. The molecule has 0 unspecified atom stereocenters. The molecule has 0 spiro atoms. The lowest BCUT2D eigenvalue weighted by Crippen LogP contribution is -2.42. The van der Waals surface area contributed by atoms with E-state index < -0.39 is 5.91 Å². The lowest BCUT2D eigenvalue weighted by Gasteiger charge is -2.31. The number of pyridine rings is 1. The zero-order valence-electron chi connectivity index (χ0n) is 14.4. The Morgan fingerprint density at radius 3 is 2.43 bits per heavy atom. The van der Waals surface area contributed by atoms with Crippen LogP contribution in [0, 0.1) is 5.41 Å². The Bertz CT molecular complexity index is 537. The third kappa shape index (κ3) is 5.61. The summed E-state index contributed by atoms with van der Waals surface area (Å²) in [7, 11) is 1.88. The van der Waals surface area contributed by atoms with Crippen molar-refractivity contribution in [2.75, 3.05) is 20.1 Å². The molecule has 1 heterocycles. The number of amides is 2. The minimum absolute atomic E-state index is 0.0757. The second kappa shape index (κ2) is 8.03. The summed E-state index contributed by atoms with van der Waals surface area (Å²) in [6.45, 7) is 9.12. The van der Waals surface area contributed by atoms with E-state index in [-0.39, 0.29) is 22.9 Å². The molecule has 0 aromatic carbocycles. The maximum atomic E-state index is 12.2. The topological polar surface area (TPSA) is 94.6 Å². The van der Waals surface area contributed by atoms with Crippen molar-refractivity contribution in [3.63, 3.8) is 0 Å². The van der Waals surface area contributed by atoms with Crippen LogP contribution in [0.3, 0.4) is 0 Å². The molecule has 23 heavy (non-hydrogen) atoms. The smallest absolute Gasteiger partial charge is 0.276 e. The largest absolute Gasteiger partial charge is 0.346 e. The number of hydrogen-bond acceptors (Lipinski definition) is 5. The lowest BCUT2D eigenvalue weighted by atomic mass is 9.84. The summed E-state index contributed by atoms with van der Waals surface area (Å²) in [6, 6.07) is 2.97. The van der Waals surface area contributed by atoms with Crippen LogP contribution < -0.4 is 10.8 Å². The summed E-state index contributed by atoms with van der Waals surface area (Å²) in [6.07, 6.45) is 1.38. The standard InChI is InChI=1S/C16H26N4O3/c1-6-20(5)10-13(21)18-14(16(2,3)4)12-8-7-11(9-17-12)15(22)19-23/h7-9,14,23H,6,10H2,1-5H3,(H,18,21)(H,19,22)/t14-/m1/s1. The molecule has 128 valence electrons. The highest BCUT2D eigenvalue weighted by Crippen LogP contribution is 2.31. The van der Waals surface area contributed by atoms with Crippen LogP contribution in [0.25, 0.3) is 0 Å². The first-order valence-electron chi connectivity index (χ1n) is 7.57. The quantitative estimate of drug-likeness (QED) is 0.543. The first-order chi connectivity index (χ1) is 10.7. The van der Waals surface area contributed by atoms with E-state index in [0.717, 1.165) is 6.54 Å². The van der Waals surface area contributed by atoms with Crippen molar-refractivity contribution in [3.05, 3.63) is 29.6 Å². The molecule has 0 fully saturated rings. The summed E-state index contributed by atoms with van der Waals surface area (Å²) in [5.41, 5.74) is 2.24. The molecule has 0 aliphatic carbocycles. The van der Waals surface area contributed by atoms with Crippen LogP contribution in [0.1, 0.15) is 49.8 Å². The first-order valence-corrected chi connectivity index (χ1v) is 7.57. The minimum Gasteiger partial charge on any atom is -0.346 e. The van der Waals surface area contributed by atoms with Gasteiger partial charge in [0, 0.05) is 6.20 Å². The summed E-state index contributed by atoms with van der Waals surface area (Å²) >= 11 is 0. The molecule has 0 saturated carbocycles. The molecule has 1 rings (SSSR count). The Morgan fingerprint density at radius 2 is 2.00 bits per heavy atom. The Hall–Kier alpha value is -1.99. The van der Waals surface area contributed by atoms with Crippen molar-refractivity contribution in [2.45, 2.75) is 33.7 Å². The van der Waals surface area contributed by atoms with Crippen molar-refractivity contribution in [2.24, 2.45) is 5.41 Å². The summed E-state index contributed by atoms with van der Waals surface area (Å²) in [5.74, 6) is -0.696. The monoisotopic (exact) mass is 322 g/mol. The highest BCUT2D eigenvalue weighted by atomic mass is 16.5. The van der Waals surface area contributed by atoms with Crippen LogP contribution in [0.2, 0.25) is 0 Å². The highest BCUT2D eigenvalue weighted by molar-refractivity contribution is 5.92. The van der Waals surface area contributed by atoms with Crippen LogP contribution in [-0.4, -0.2) is 47.0 Å². The van der Waals surface area contributed by atoms with Gasteiger partial charge in [-0.25, -0.2) is 5.48 Å². The molecule has 1 aromatic heterocycles. The zero-order chi connectivity index (χ0) is 17.6. The van der Waals surface area contributed by atoms with E-state index in [4.69, 9.17) is 5.21 Å². The van der Waals surface area contributed by atoms with Gasteiger partial charge in [-0.05, 0) is 31.1 Å². The van der Waals surface area contributed by atoms with Crippen molar-refractivity contribution in [1.82, 2.24) is 20.7 Å². The summed E-state index contributed by atoms with van der Waals surface area (Å²) in [4.78, 5) is 29.7. The molecule has 1 atom stereocenters. The molecule has 0 bridgehead atoms. The third-order valence-corrected chi connectivity index (χ3v) is 3.57. The number of hydroxylamine groups is 1. The van der Waals surface area contributed by atoms with Gasteiger partial charge in [0.1, 0.15) is 0 Å². The fraction of sp³-hybridized carbons (Fsp3) is 0.562. The molecule has 0 aliphatic rings. The third-order valence-electron chi connectivity index (χ3n) is 3.57. The maximum absolute atomic E-state index is 12.2. The first kappa shape index (κ1) is 19.1. The van der Waals surface area contributed by atoms with Gasteiger partial charge in [0.15, 0.2) is 0 Å². The molecule has 7 heteroatoms. The van der Waals surface area contributed by atoms with Crippen LogP contribution >= 0.6 is 0 Å². The molecular weight excluding hydrogens is 296 g/mol. The molecule has 1 aromatic rings. The van der Waals surface area contributed by atoms with E-state index in [1.165, 1.54) is 6.20 Å². The van der Waals surface area contributed by atoms with Gasteiger partial charge < -0.3 is 5.32 Å². The van der Waals surface area contributed by atoms with Gasteiger partial charge in [0.05, 0.1) is 23.8 Å². The number of aromatic nitrogens is 1. The van der Waals surface area contributed by atoms with Gasteiger partial charge in [-0.3, -0.25) is 24.7 Å². The number of carbonyl (C=O) groups is 2. The molecule has 0 saturated heterocycles. The van der Waals surface area contributed by atoms with E-state index in [9.17, 15) is 9.59 Å². The predicted molar refractivity (Wildman–Crippen MR) is 87.0 cm³/mol. The van der Waals surface area contributed by atoms with Crippen LogP contribution in [0.4, 0.5) is 0 Å². The Labute approximate surface area is 137 Å².